The van der Waals surface area contributed by atoms with E-state index < -0.39 is 5.97 Å². The van der Waals surface area contributed by atoms with Gasteiger partial charge >= 0.3 is 5.97 Å². The highest BCUT2D eigenvalue weighted by Gasteiger charge is 2.07. The first-order valence-electron chi connectivity index (χ1n) is 5.01. The van der Waals surface area contributed by atoms with Crippen molar-refractivity contribution in [1.29, 1.82) is 0 Å². The zero-order chi connectivity index (χ0) is 12.2. The highest BCUT2D eigenvalue weighted by atomic mass is 16.5. The molecule has 1 aromatic heterocycles. The smallest absolute Gasteiger partial charge is 0.356 e. The quantitative estimate of drug-likeness (QED) is 0.535. The average Bonchev–Trinajstić information content (AvgIpc) is 2.25. The summed E-state index contributed by atoms with van der Waals surface area (Å²) in [7, 11) is 1.33. The van der Waals surface area contributed by atoms with Gasteiger partial charge in [-0.05, 0) is 38.8 Å². The summed E-state index contributed by atoms with van der Waals surface area (Å²) in [6.45, 7) is 6.05. The fraction of sp³-hybridized carbons (Fsp3) is 0.385. The minimum Gasteiger partial charge on any atom is -0.464 e. The van der Waals surface area contributed by atoms with Crippen LogP contribution in [0, 0.1) is 17.3 Å². The van der Waals surface area contributed by atoms with Gasteiger partial charge in [0.05, 0.1) is 7.11 Å². The van der Waals surface area contributed by atoms with E-state index in [4.69, 9.17) is 0 Å². The summed E-state index contributed by atoms with van der Waals surface area (Å²) in [4.78, 5) is 15.3. The molecule has 0 bridgehead atoms. The molecule has 84 valence electrons. The Morgan fingerprint density at radius 3 is 2.62 bits per heavy atom. The third-order valence-electron chi connectivity index (χ3n) is 1.71. The van der Waals surface area contributed by atoms with Gasteiger partial charge in [0.15, 0.2) is 0 Å². The van der Waals surface area contributed by atoms with E-state index in [0.717, 1.165) is 0 Å². The van der Waals surface area contributed by atoms with E-state index in [1.165, 1.54) is 7.11 Å². The van der Waals surface area contributed by atoms with E-state index in [9.17, 15) is 4.79 Å². The highest BCUT2D eigenvalue weighted by Crippen LogP contribution is 2.10. The van der Waals surface area contributed by atoms with Crippen LogP contribution in [0.3, 0.4) is 0 Å². The molecule has 16 heavy (non-hydrogen) atoms. The molecule has 0 fully saturated rings. The minimum absolute atomic E-state index is 0.0804. The average molecular weight is 217 g/mol. The number of carbonyl (C=O) groups excluding carboxylic acids is 1. The van der Waals surface area contributed by atoms with Crippen molar-refractivity contribution in [1.82, 2.24) is 4.98 Å². The lowest BCUT2D eigenvalue weighted by Crippen LogP contribution is -2.05. The van der Waals surface area contributed by atoms with Gasteiger partial charge in [-0.2, -0.15) is 0 Å². The lowest BCUT2D eigenvalue weighted by molar-refractivity contribution is 0.0594. The fourth-order valence-electron chi connectivity index (χ4n) is 0.974. The predicted molar refractivity (Wildman–Crippen MR) is 61.9 cm³/mol. The van der Waals surface area contributed by atoms with Gasteiger partial charge in [0.25, 0.3) is 0 Å². The molecule has 3 heteroatoms. The maximum atomic E-state index is 11.2. The van der Waals surface area contributed by atoms with Crippen LogP contribution >= 0.6 is 0 Å². The molecule has 0 atom stereocenters. The number of carbonyl (C=O) groups is 1. The Kier molecular flexibility index (Phi) is 3.68. The van der Waals surface area contributed by atoms with Crippen molar-refractivity contribution >= 4 is 5.97 Å². The molecule has 1 aromatic rings. The largest absolute Gasteiger partial charge is 0.464 e. The second-order valence-corrected chi connectivity index (χ2v) is 4.40. The number of pyridine rings is 1. The van der Waals surface area contributed by atoms with Crippen LogP contribution in [0.1, 0.15) is 37.0 Å². The molecule has 0 spiro atoms. The van der Waals surface area contributed by atoms with Gasteiger partial charge in [-0.25, -0.2) is 9.78 Å². The number of ether oxygens (including phenoxy) is 1. The van der Waals surface area contributed by atoms with Crippen molar-refractivity contribution in [2.24, 2.45) is 5.41 Å². The summed E-state index contributed by atoms with van der Waals surface area (Å²) in [5.41, 5.74) is 0.782. The van der Waals surface area contributed by atoms with Crippen molar-refractivity contribution in [3.05, 3.63) is 29.6 Å². The third-order valence-corrected chi connectivity index (χ3v) is 1.71. The highest BCUT2D eigenvalue weighted by molar-refractivity contribution is 5.87. The van der Waals surface area contributed by atoms with Gasteiger partial charge in [0, 0.05) is 5.41 Å². The first kappa shape index (κ1) is 12.3. The number of rotatable bonds is 1. The molecule has 0 saturated carbocycles. The molecule has 0 N–H and O–H groups in total. The molecule has 0 aliphatic heterocycles. The summed E-state index contributed by atoms with van der Waals surface area (Å²) in [5, 5.41) is 0. The fourth-order valence-corrected chi connectivity index (χ4v) is 0.974. The van der Waals surface area contributed by atoms with Gasteiger partial charge < -0.3 is 4.74 Å². The van der Waals surface area contributed by atoms with Crippen LogP contribution in [0.2, 0.25) is 0 Å². The third kappa shape index (κ3) is 3.74. The van der Waals surface area contributed by atoms with Crippen molar-refractivity contribution in [2.45, 2.75) is 20.8 Å². The normalized spacial score (nSPS) is 10.2. The first-order valence-corrected chi connectivity index (χ1v) is 5.01. The topological polar surface area (TPSA) is 39.2 Å². The van der Waals surface area contributed by atoms with Crippen molar-refractivity contribution in [2.75, 3.05) is 7.11 Å². The minimum atomic E-state index is -0.445. The zero-order valence-electron chi connectivity index (χ0n) is 10.00. The van der Waals surface area contributed by atoms with Gasteiger partial charge in [-0.15, -0.1) is 0 Å². The molecule has 1 heterocycles. The maximum Gasteiger partial charge on any atom is 0.356 e. The lowest BCUT2D eigenvalue weighted by atomic mass is 9.98. The first-order chi connectivity index (χ1) is 7.42. The maximum absolute atomic E-state index is 11.2. The van der Waals surface area contributed by atoms with Crippen LogP contribution in [0.25, 0.3) is 0 Å². The monoisotopic (exact) mass is 217 g/mol. The Labute approximate surface area is 95.8 Å². The summed E-state index contributed by atoms with van der Waals surface area (Å²) in [6.07, 6.45) is 0. The van der Waals surface area contributed by atoms with Crippen LogP contribution in [0.15, 0.2) is 18.2 Å². The number of hydrogen-bond donors (Lipinski definition) is 0. The van der Waals surface area contributed by atoms with Gasteiger partial charge in [-0.3, -0.25) is 0 Å². The number of hydrogen-bond acceptors (Lipinski definition) is 3. The molecule has 0 aliphatic rings. The van der Waals surface area contributed by atoms with E-state index >= 15 is 0 Å². The molecule has 0 aromatic carbocycles. The van der Waals surface area contributed by atoms with Crippen molar-refractivity contribution < 1.29 is 9.53 Å². The van der Waals surface area contributed by atoms with Crippen LogP contribution < -0.4 is 0 Å². The Morgan fingerprint density at radius 1 is 1.38 bits per heavy atom. The molecular weight excluding hydrogens is 202 g/mol. The van der Waals surface area contributed by atoms with Gasteiger partial charge in [-0.1, -0.05) is 12.0 Å². The van der Waals surface area contributed by atoms with Gasteiger partial charge in [0.1, 0.15) is 11.4 Å². The Morgan fingerprint density at radius 2 is 2.06 bits per heavy atom. The van der Waals surface area contributed by atoms with E-state index in [1.807, 2.05) is 20.8 Å². The predicted octanol–water partition coefficient (Wildman–Crippen LogP) is 2.27. The van der Waals surface area contributed by atoms with Crippen LogP contribution in [-0.4, -0.2) is 18.1 Å². The summed E-state index contributed by atoms with van der Waals surface area (Å²) >= 11 is 0. The molecule has 0 unspecified atom stereocenters. The summed E-state index contributed by atoms with van der Waals surface area (Å²) in [6, 6.07) is 5.12. The molecule has 1 rings (SSSR count). The number of nitrogens with zero attached hydrogens (tertiary/aromatic N) is 1. The van der Waals surface area contributed by atoms with Crippen molar-refractivity contribution in [3.63, 3.8) is 0 Å². The second kappa shape index (κ2) is 4.80. The Balaban J connectivity index is 2.99. The van der Waals surface area contributed by atoms with E-state index in [2.05, 4.69) is 21.6 Å². The van der Waals surface area contributed by atoms with Crippen LogP contribution in [0.4, 0.5) is 0 Å². The van der Waals surface area contributed by atoms with E-state index in [0.29, 0.717) is 5.69 Å². The number of aromatic nitrogens is 1. The SMILES string of the molecule is COC(=O)c1cccc(C#CC(C)(C)C)n1. The van der Waals surface area contributed by atoms with Gasteiger partial charge in [0.2, 0.25) is 0 Å². The second-order valence-electron chi connectivity index (χ2n) is 4.40. The molecular formula is C13H15NO2. The summed E-state index contributed by atoms with van der Waals surface area (Å²) < 4.78 is 4.59. The molecule has 3 nitrogen and oxygen atoms in total. The van der Waals surface area contributed by atoms with Crippen LogP contribution in [-0.2, 0) is 4.74 Å². The lowest BCUT2D eigenvalue weighted by Gasteiger charge is -2.06. The molecule has 0 amide bonds. The molecule has 0 saturated heterocycles. The van der Waals surface area contributed by atoms with E-state index in [1.54, 1.807) is 18.2 Å². The number of esters is 1. The number of methoxy groups -OCH3 is 1. The summed E-state index contributed by atoms with van der Waals surface area (Å²) in [5.74, 6) is 5.55. The molecule has 0 aliphatic carbocycles. The van der Waals surface area contributed by atoms with Crippen molar-refractivity contribution in [3.8, 4) is 11.8 Å². The van der Waals surface area contributed by atoms with E-state index in [-0.39, 0.29) is 11.1 Å². The molecule has 0 radical (unpaired) electrons. The Hall–Kier alpha value is -1.82. The standard InChI is InChI=1S/C13H15NO2/c1-13(2,3)9-8-10-6-5-7-11(14-10)12(15)16-4/h5-7H,1-4H3. The Bertz CT molecular complexity index is 447. The zero-order valence-corrected chi connectivity index (χ0v) is 10.00. The van der Waals surface area contributed by atoms with Crippen LogP contribution in [0.5, 0.6) is 0 Å².